The van der Waals surface area contributed by atoms with Gasteiger partial charge in [-0.1, -0.05) is 19.9 Å². The van der Waals surface area contributed by atoms with Gasteiger partial charge in [0.25, 0.3) is 12.3 Å². The van der Waals surface area contributed by atoms with Gasteiger partial charge in [0.15, 0.2) is 0 Å². The predicted molar refractivity (Wildman–Crippen MR) is 112 cm³/mol. The number of ether oxygens (including phenoxy) is 1. The van der Waals surface area contributed by atoms with Crippen LogP contribution < -0.4 is 10.1 Å². The fraction of sp³-hybridized carbons (Fsp3) is 0.435. The van der Waals surface area contributed by atoms with Crippen LogP contribution in [0.25, 0.3) is 5.65 Å². The highest BCUT2D eigenvalue weighted by atomic mass is 19.3. The van der Waals surface area contributed by atoms with Gasteiger partial charge in [0.2, 0.25) is 0 Å². The van der Waals surface area contributed by atoms with Crippen molar-refractivity contribution in [1.82, 2.24) is 14.4 Å². The summed E-state index contributed by atoms with van der Waals surface area (Å²) in [6.45, 7) is 4.36. The van der Waals surface area contributed by atoms with Gasteiger partial charge >= 0.3 is 0 Å². The molecule has 0 aliphatic heterocycles. The molecule has 2 aliphatic carbocycles. The molecular formula is C23H24F2N4O2. The van der Waals surface area contributed by atoms with Gasteiger partial charge in [-0.2, -0.15) is 0 Å². The number of rotatable bonds is 6. The molecular weight excluding hydrogens is 402 g/mol. The summed E-state index contributed by atoms with van der Waals surface area (Å²) in [5.74, 6) is 0.540. The average Bonchev–Trinajstić information content (AvgIpc) is 3.46. The highest BCUT2D eigenvalue weighted by molar-refractivity contribution is 6.05. The summed E-state index contributed by atoms with van der Waals surface area (Å²) in [5, 5.41) is 2.63. The monoisotopic (exact) mass is 426 g/mol. The van der Waals surface area contributed by atoms with Gasteiger partial charge in [-0.05, 0) is 43.2 Å². The lowest BCUT2D eigenvalue weighted by atomic mass is 9.70. The van der Waals surface area contributed by atoms with Crippen molar-refractivity contribution in [2.45, 2.75) is 58.0 Å². The number of hydrogen-bond acceptors (Lipinski definition) is 4. The Morgan fingerprint density at radius 3 is 2.68 bits per heavy atom. The Hall–Kier alpha value is -3.03. The van der Waals surface area contributed by atoms with E-state index in [-0.39, 0.29) is 23.0 Å². The molecule has 0 radical (unpaired) electrons. The van der Waals surface area contributed by atoms with E-state index in [2.05, 4.69) is 29.1 Å². The second-order valence-corrected chi connectivity index (χ2v) is 9.27. The quantitative estimate of drug-likeness (QED) is 0.576. The van der Waals surface area contributed by atoms with Gasteiger partial charge in [0.05, 0.1) is 17.4 Å². The molecule has 3 aromatic heterocycles. The number of carbonyl (C=O) groups is 1. The maximum atomic E-state index is 13.1. The average molecular weight is 426 g/mol. The molecule has 0 unspecified atom stereocenters. The second-order valence-electron chi connectivity index (χ2n) is 9.27. The molecule has 0 bridgehead atoms. The number of aromatic nitrogens is 3. The van der Waals surface area contributed by atoms with E-state index in [0.717, 1.165) is 37.0 Å². The SMILES string of the molecule is CC1(C)CC(Oc2cc3nc(C4CC4)cn3cc2C(=O)Nc2cccc(C(F)F)n2)C1. The van der Waals surface area contributed by atoms with E-state index in [9.17, 15) is 13.6 Å². The van der Waals surface area contributed by atoms with Crippen LogP contribution in [0.15, 0.2) is 36.7 Å². The minimum Gasteiger partial charge on any atom is -0.489 e. The third kappa shape index (κ3) is 4.11. The maximum Gasteiger partial charge on any atom is 0.280 e. The molecule has 0 atom stereocenters. The first-order valence-electron chi connectivity index (χ1n) is 10.5. The summed E-state index contributed by atoms with van der Waals surface area (Å²) in [5.41, 5.74) is 1.90. The van der Waals surface area contributed by atoms with E-state index in [0.29, 0.717) is 17.2 Å². The zero-order valence-electron chi connectivity index (χ0n) is 17.4. The number of fused-ring (bicyclic) bond motifs is 1. The predicted octanol–water partition coefficient (Wildman–Crippen LogP) is 5.36. The molecule has 0 saturated heterocycles. The fourth-order valence-corrected chi connectivity index (χ4v) is 4.14. The van der Waals surface area contributed by atoms with E-state index in [1.54, 1.807) is 12.3 Å². The Morgan fingerprint density at radius 2 is 2.00 bits per heavy atom. The van der Waals surface area contributed by atoms with Crippen LogP contribution in [0, 0.1) is 5.41 Å². The van der Waals surface area contributed by atoms with Gasteiger partial charge < -0.3 is 14.5 Å². The molecule has 0 spiro atoms. The number of carbonyl (C=O) groups excluding carboxylic acids is 1. The number of imidazole rings is 1. The number of amides is 1. The van der Waals surface area contributed by atoms with Crippen molar-refractivity contribution in [1.29, 1.82) is 0 Å². The summed E-state index contributed by atoms with van der Waals surface area (Å²) in [6.07, 6.45) is 5.02. The van der Waals surface area contributed by atoms with E-state index < -0.39 is 12.3 Å². The summed E-state index contributed by atoms with van der Waals surface area (Å²) < 4.78 is 33.9. The second kappa shape index (κ2) is 7.28. The first-order chi connectivity index (χ1) is 14.8. The van der Waals surface area contributed by atoms with Gasteiger partial charge in [0, 0.05) is 24.4 Å². The lowest BCUT2D eigenvalue weighted by Gasteiger charge is -2.42. The minimum absolute atomic E-state index is 0.0298. The van der Waals surface area contributed by atoms with Crippen LogP contribution in [0.4, 0.5) is 14.6 Å². The Labute approximate surface area is 178 Å². The third-order valence-corrected chi connectivity index (χ3v) is 5.90. The highest BCUT2D eigenvalue weighted by Gasteiger charge is 2.38. The molecule has 5 rings (SSSR count). The number of anilines is 1. The first-order valence-corrected chi connectivity index (χ1v) is 10.5. The Balaban J connectivity index is 1.46. The topological polar surface area (TPSA) is 68.5 Å². The van der Waals surface area contributed by atoms with E-state index in [1.165, 1.54) is 18.2 Å². The molecule has 6 nitrogen and oxygen atoms in total. The van der Waals surface area contributed by atoms with Crippen LogP contribution >= 0.6 is 0 Å². The lowest BCUT2D eigenvalue weighted by molar-refractivity contribution is 0.0102. The number of pyridine rings is 2. The zero-order valence-corrected chi connectivity index (χ0v) is 17.4. The zero-order chi connectivity index (χ0) is 21.8. The molecule has 1 amide bonds. The van der Waals surface area contributed by atoms with Crippen LogP contribution in [-0.2, 0) is 0 Å². The van der Waals surface area contributed by atoms with Crippen molar-refractivity contribution in [2.75, 3.05) is 5.32 Å². The summed E-state index contributed by atoms with van der Waals surface area (Å²) >= 11 is 0. The van der Waals surface area contributed by atoms with Crippen molar-refractivity contribution < 1.29 is 18.3 Å². The lowest BCUT2D eigenvalue weighted by Crippen LogP contribution is -2.40. The number of nitrogens with zero attached hydrogens (tertiary/aromatic N) is 3. The van der Waals surface area contributed by atoms with Gasteiger partial charge in [-0.25, -0.2) is 18.7 Å². The van der Waals surface area contributed by atoms with Crippen molar-refractivity contribution in [2.24, 2.45) is 5.41 Å². The molecule has 3 heterocycles. The van der Waals surface area contributed by atoms with Crippen LogP contribution in [0.1, 0.15) is 73.6 Å². The van der Waals surface area contributed by atoms with E-state index >= 15 is 0 Å². The number of nitrogens with one attached hydrogen (secondary N) is 1. The Kier molecular flexibility index (Phi) is 4.68. The van der Waals surface area contributed by atoms with Crippen molar-refractivity contribution in [3.8, 4) is 5.75 Å². The molecule has 3 aromatic rings. The Bertz CT molecular complexity index is 1150. The first kappa shape index (κ1) is 19.9. The van der Waals surface area contributed by atoms with E-state index in [1.807, 2.05) is 10.6 Å². The smallest absolute Gasteiger partial charge is 0.280 e. The van der Waals surface area contributed by atoms with Crippen molar-refractivity contribution in [3.63, 3.8) is 0 Å². The molecule has 1 N–H and O–H groups in total. The van der Waals surface area contributed by atoms with Crippen LogP contribution in [0.2, 0.25) is 0 Å². The highest BCUT2D eigenvalue weighted by Crippen LogP contribution is 2.43. The molecule has 2 fully saturated rings. The molecule has 2 aliphatic rings. The molecule has 31 heavy (non-hydrogen) atoms. The van der Waals surface area contributed by atoms with Gasteiger partial charge in [-0.15, -0.1) is 0 Å². The van der Waals surface area contributed by atoms with Gasteiger partial charge in [-0.3, -0.25) is 4.79 Å². The molecule has 2 saturated carbocycles. The number of halogens is 2. The van der Waals surface area contributed by atoms with Crippen molar-refractivity contribution >= 4 is 17.4 Å². The minimum atomic E-state index is -2.71. The fourth-order valence-electron chi connectivity index (χ4n) is 4.14. The number of hydrogen-bond donors (Lipinski definition) is 1. The molecule has 162 valence electrons. The van der Waals surface area contributed by atoms with Crippen LogP contribution in [-0.4, -0.2) is 26.4 Å². The summed E-state index contributed by atoms with van der Waals surface area (Å²) in [6, 6.07) is 5.94. The van der Waals surface area contributed by atoms with Crippen LogP contribution in [0.5, 0.6) is 5.75 Å². The van der Waals surface area contributed by atoms with E-state index in [4.69, 9.17) is 4.74 Å². The van der Waals surface area contributed by atoms with Gasteiger partial charge in [0.1, 0.15) is 22.9 Å². The van der Waals surface area contributed by atoms with Crippen molar-refractivity contribution in [3.05, 3.63) is 53.6 Å². The normalized spacial score (nSPS) is 18.2. The molecule has 8 heteroatoms. The largest absolute Gasteiger partial charge is 0.489 e. The third-order valence-electron chi connectivity index (χ3n) is 5.90. The number of alkyl halides is 2. The Morgan fingerprint density at radius 1 is 1.23 bits per heavy atom. The van der Waals surface area contributed by atoms with Crippen LogP contribution in [0.3, 0.4) is 0 Å². The standard InChI is InChI=1S/C23H24F2N4O2/c1-23(2)9-14(10-23)31-18-8-20-27-17(13-6-7-13)12-29(20)11-15(18)22(30)28-19-5-3-4-16(26-19)21(24)25/h3-5,8,11-14,21H,6-7,9-10H2,1-2H3,(H,26,28,30). The molecule has 0 aromatic carbocycles. The maximum absolute atomic E-state index is 13.1. The summed E-state index contributed by atoms with van der Waals surface area (Å²) in [7, 11) is 0. The summed E-state index contributed by atoms with van der Waals surface area (Å²) in [4.78, 5) is 21.6.